The molecule has 0 spiro atoms. The fraction of sp³-hybridized carbons (Fsp3) is 0.480. The molecule has 0 bridgehead atoms. The molecule has 1 aromatic carbocycles. The maximum Gasteiger partial charge on any atom is 0.252 e. The lowest BCUT2D eigenvalue weighted by molar-refractivity contribution is -0.00571. The van der Waals surface area contributed by atoms with Crippen LogP contribution in [-0.4, -0.2) is 45.9 Å². The van der Waals surface area contributed by atoms with E-state index in [1.807, 2.05) is 18.2 Å². The Labute approximate surface area is 204 Å². The van der Waals surface area contributed by atoms with E-state index >= 15 is 0 Å². The number of aryl methyl sites for hydroxylation is 1. The summed E-state index contributed by atoms with van der Waals surface area (Å²) in [5.74, 6) is 1.84. The summed E-state index contributed by atoms with van der Waals surface area (Å²) < 4.78 is 7.50. The molecule has 2 fully saturated rings. The first kappa shape index (κ1) is 22.9. The summed E-state index contributed by atoms with van der Waals surface area (Å²) in [6.07, 6.45) is 4.32. The minimum Gasteiger partial charge on any atom is -0.382 e. The molecule has 2 aromatic heterocycles. The standard InChI is InChI=1S/C25H31ClN6O2/c1-14-12-32(13-15(2)34-14)25-27-11-20(26)24(30-25)29-18-7-8-22-19(9-18)21(10-23(33)31(22)4)28-16(3)17-5-6-17/h7-11,14-17,28H,5-6,12-13H2,1-4H3,(H,27,29,30)/t14-,15+,16?. The van der Waals surface area contributed by atoms with Gasteiger partial charge in [0.25, 0.3) is 5.56 Å². The van der Waals surface area contributed by atoms with E-state index < -0.39 is 0 Å². The van der Waals surface area contributed by atoms with E-state index in [1.165, 1.54) is 12.8 Å². The van der Waals surface area contributed by atoms with Gasteiger partial charge < -0.3 is 24.8 Å². The lowest BCUT2D eigenvalue weighted by atomic mass is 10.1. The second-order valence-corrected chi connectivity index (χ2v) is 10.0. The highest BCUT2D eigenvalue weighted by atomic mass is 35.5. The predicted octanol–water partition coefficient (Wildman–Crippen LogP) is 4.55. The van der Waals surface area contributed by atoms with Gasteiger partial charge in [0.15, 0.2) is 5.82 Å². The average Bonchev–Trinajstić information content (AvgIpc) is 3.64. The number of anilines is 4. The average molecular weight is 483 g/mol. The molecular weight excluding hydrogens is 452 g/mol. The number of hydrogen-bond donors (Lipinski definition) is 2. The predicted molar refractivity (Wildman–Crippen MR) is 138 cm³/mol. The molecule has 2 N–H and O–H groups in total. The number of hydrogen-bond acceptors (Lipinski definition) is 7. The Hall–Kier alpha value is -2.84. The van der Waals surface area contributed by atoms with Gasteiger partial charge in [-0.05, 0) is 57.7 Å². The van der Waals surface area contributed by atoms with Gasteiger partial charge in [-0.2, -0.15) is 4.98 Å². The highest BCUT2D eigenvalue weighted by molar-refractivity contribution is 6.32. The van der Waals surface area contributed by atoms with Crippen LogP contribution in [0.3, 0.4) is 0 Å². The van der Waals surface area contributed by atoms with Gasteiger partial charge in [0.05, 0.1) is 23.9 Å². The third-order valence-electron chi connectivity index (χ3n) is 6.66. The van der Waals surface area contributed by atoms with Crippen molar-refractivity contribution in [2.24, 2.45) is 13.0 Å². The summed E-state index contributed by atoms with van der Waals surface area (Å²) >= 11 is 6.46. The molecule has 2 aliphatic rings. The molecule has 1 aliphatic heterocycles. The number of fused-ring (bicyclic) bond motifs is 1. The number of ether oxygens (including phenoxy) is 1. The summed E-state index contributed by atoms with van der Waals surface area (Å²) in [7, 11) is 1.80. The van der Waals surface area contributed by atoms with Crippen LogP contribution < -0.4 is 21.1 Å². The minimum absolute atomic E-state index is 0.0313. The van der Waals surface area contributed by atoms with Gasteiger partial charge in [-0.1, -0.05) is 11.6 Å². The Balaban J connectivity index is 1.47. The normalized spacial score (nSPS) is 21.5. The largest absolute Gasteiger partial charge is 0.382 e. The first-order valence-corrected chi connectivity index (χ1v) is 12.3. The van der Waals surface area contributed by atoms with Crippen LogP contribution in [0, 0.1) is 5.92 Å². The van der Waals surface area contributed by atoms with Crippen LogP contribution in [0.5, 0.6) is 0 Å². The van der Waals surface area contributed by atoms with Crippen molar-refractivity contribution >= 4 is 45.6 Å². The van der Waals surface area contributed by atoms with Crippen LogP contribution in [0.25, 0.3) is 10.9 Å². The minimum atomic E-state index is -0.0313. The first-order chi connectivity index (χ1) is 16.3. The quantitative estimate of drug-likeness (QED) is 0.533. The number of aromatic nitrogens is 3. The molecule has 3 atom stereocenters. The van der Waals surface area contributed by atoms with E-state index in [4.69, 9.17) is 21.3 Å². The molecule has 9 heteroatoms. The summed E-state index contributed by atoms with van der Waals surface area (Å²) in [6.45, 7) is 7.73. The van der Waals surface area contributed by atoms with E-state index in [2.05, 4.69) is 41.3 Å². The number of benzene rings is 1. The van der Waals surface area contributed by atoms with Crippen molar-refractivity contribution in [1.29, 1.82) is 0 Å². The Bertz CT molecular complexity index is 1260. The van der Waals surface area contributed by atoms with Crippen LogP contribution in [0.2, 0.25) is 5.02 Å². The van der Waals surface area contributed by atoms with Crippen molar-refractivity contribution in [2.75, 3.05) is 28.6 Å². The van der Waals surface area contributed by atoms with Crippen LogP contribution in [0.1, 0.15) is 33.6 Å². The van der Waals surface area contributed by atoms with E-state index in [-0.39, 0.29) is 17.8 Å². The van der Waals surface area contributed by atoms with Crippen LogP contribution in [0.4, 0.5) is 23.1 Å². The van der Waals surface area contributed by atoms with Crippen LogP contribution >= 0.6 is 11.6 Å². The van der Waals surface area contributed by atoms with Gasteiger partial charge in [-0.3, -0.25) is 4.79 Å². The lowest BCUT2D eigenvalue weighted by Gasteiger charge is -2.35. The van der Waals surface area contributed by atoms with Crippen LogP contribution in [-0.2, 0) is 11.8 Å². The van der Waals surface area contributed by atoms with Crippen molar-refractivity contribution in [3.05, 3.63) is 45.8 Å². The van der Waals surface area contributed by atoms with Gasteiger partial charge in [-0.15, -0.1) is 0 Å². The van der Waals surface area contributed by atoms with E-state index in [9.17, 15) is 4.79 Å². The van der Waals surface area contributed by atoms with E-state index in [1.54, 1.807) is 23.9 Å². The number of morpholine rings is 1. The molecule has 0 amide bonds. The summed E-state index contributed by atoms with van der Waals surface area (Å²) in [5.41, 5.74) is 2.53. The van der Waals surface area contributed by atoms with Crippen molar-refractivity contribution < 1.29 is 4.74 Å². The van der Waals surface area contributed by atoms with Crippen molar-refractivity contribution in [1.82, 2.24) is 14.5 Å². The van der Waals surface area contributed by atoms with E-state index in [0.29, 0.717) is 28.7 Å². The zero-order chi connectivity index (χ0) is 24.0. The molecule has 0 radical (unpaired) electrons. The Morgan fingerprint density at radius 1 is 1.18 bits per heavy atom. The maximum atomic E-state index is 12.5. The first-order valence-electron chi connectivity index (χ1n) is 11.9. The number of nitrogens with one attached hydrogen (secondary N) is 2. The van der Waals surface area contributed by atoms with Gasteiger partial charge in [0.2, 0.25) is 5.95 Å². The van der Waals surface area contributed by atoms with Gasteiger partial charge in [0, 0.05) is 49.0 Å². The summed E-state index contributed by atoms with van der Waals surface area (Å²) in [4.78, 5) is 23.8. The second-order valence-electron chi connectivity index (χ2n) is 9.61. The molecule has 3 aromatic rings. The number of halogens is 1. The fourth-order valence-corrected chi connectivity index (χ4v) is 4.83. The second kappa shape index (κ2) is 9.07. The molecule has 5 rings (SSSR count). The lowest BCUT2D eigenvalue weighted by Crippen LogP contribution is -2.46. The van der Waals surface area contributed by atoms with Crippen LogP contribution in [0.15, 0.2) is 35.3 Å². The highest BCUT2D eigenvalue weighted by Crippen LogP contribution is 2.35. The highest BCUT2D eigenvalue weighted by Gasteiger charge is 2.28. The van der Waals surface area contributed by atoms with Gasteiger partial charge in [-0.25, -0.2) is 4.98 Å². The SMILES string of the molecule is CC(Nc1cc(=O)n(C)c2ccc(Nc3nc(N4C[C@@H](C)O[C@@H](C)C4)ncc3Cl)cc12)C1CC1. The van der Waals surface area contributed by atoms with Crippen molar-refractivity contribution in [3.63, 3.8) is 0 Å². The summed E-state index contributed by atoms with van der Waals surface area (Å²) in [5, 5.41) is 8.34. The molecular formula is C25H31ClN6O2. The monoisotopic (exact) mass is 482 g/mol. The number of pyridine rings is 1. The Kier molecular flexibility index (Phi) is 6.12. The molecule has 1 saturated heterocycles. The zero-order valence-corrected chi connectivity index (χ0v) is 20.8. The van der Waals surface area contributed by atoms with E-state index in [0.717, 1.165) is 35.4 Å². The Morgan fingerprint density at radius 2 is 1.91 bits per heavy atom. The zero-order valence-electron chi connectivity index (χ0n) is 20.0. The third-order valence-corrected chi connectivity index (χ3v) is 6.93. The molecule has 1 aliphatic carbocycles. The third kappa shape index (κ3) is 4.70. The topological polar surface area (TPSA) is 84.3 Å². The smallest absolute Gasteiger partial charge is 0.252 e. The molecule has 3 heterocycles. The van der Waals surface area contributed by atoms with Gasteiger partial charge in [0.1, 0.15) is 5.02 Å². The summed E-state index contributed by atoms with van der Waals surface area (Å²) in [6, 6.07) is 7.93. The number of rotatable bonds is 6. The fourth-order valence-electron chi connectivity index (χ4n) is 4.69. The molecule has 8 nitrogen and oxygen atoms in total. The molecule has 1 saturated carbocycles. The number of nitrogens with zero attached hydrogens (tertiary/aromatic N) is 4. The van der Waals surface area contributed by atoms with Crippen molar-refractivity contribution in [2.45, 2.75) is 51.9 Å². The van der Waals surface area contributed by atoms with Crippen molar-refractivity contribution in [3.8, 4) is 0 Å². The Morgan fingerprint density at radius 3 is 2.62 bits per heavy atom. The molecule has 34 heavy (non-hydrogen) atoms. The molecule has 180 valence electrons. The van der Waals surface area contributed by atoms with Gasteiger partial charge >= 0.3 is 0 Å². The maximum absolute atomic E-state index is 12.5. The molecule has 1 unspecified atom stereocenters.